The molecule has 0 saturated carbocycles. The Morgan fingerprint density at radius 1 is 0.880 bits per heavy atom. The second-order valence-corrected chi connectivity index (χ2v) is 4.92. The van der Waals surface area contributed by atoms with Gasteiger partial charge in [0.2, 0.25) is 5.75 Å². The highest BCUT2D eigenvalue weighted by Crippen LogP contribution is 2.38. The molecule has 132 valence electrons. The van der Waals surface area contributed by atoms with Crippen molar-refractivity contribution in [3.8, 4) is 17.2 Å². The number of carbonyl (C=O) groups excluding carboxylic acids is 2. The zero-order valence-electron chi connectivity index (χ0n) is 14.0. The predicted molar refractivity (Wildman–Crippen MR) is 87.1 cm³/mol. The maximum Gasteiger partial charge on any atom is 0.338 e. The molecular formula is C18H17FO6. The van der Waals surface area contributed by atoms with Crippen LogP contribution in [0.2, 0.25) is 0 Å². The molecule has 2 aromatic carbocycles. The van der Waals surface area contributed by atoms with Gasteiger partial charge in [-0.25, -0.2) is 9.18 Å². The molecule has 2 rings (SSSR count). The second-order valence-electron chi connectivity index (χ2n) is 4.92. The number of hydrogen-bond donors (Lipinski definition) is 0. The Labute approximate surface area is 144 Å². The van der Waals surface area contributed by atoms with Crippen molar-refractivity contribution < 1.29 is 32.9 Å². The maximum absolute atomic E-state index is 12.9. The van der Waals surface area contributed by atoms with Crippen molar-refractivity contribution >= 4 is 11.8 Å². The average Bonchev–Trinajstić information content (AvgIpc) is 2.64. The van der Waals surface area contributed by atoms with Gasteiger partial charge in [0.15, 0.2) is 23.9 Å². The Kier molecular flexibility index (Phi) is 5.94. The molecule has 0 aliphatic carbocycles. The molecule has 0 aliphatic heterocycles. The van der Waals surface area contributed by atoms with E-state index in [9.17, 15) is 14.0 Å². The molecule has 0 unspecified atom stereocenters. The molecule has 0 fully saturated rings. The third kappa shape index (κ3) is 4.26. The molecule has 0 amide bonds. The summed E-state index contributed by atoms with van der Waals surface area (Å²) in [5.41, 5.74) is 0.389. The summed E-state index contributed by atoms with van der Waals surface area (Å²) in [5, 5.41) is 0. The van der Waals surface area contributed by atoms with Crippen LogP contribution in [0.3, 0.4) is 0 Å². The smallest absolute Gasteiger partial charge is 0.338 e. The van der Waals surface area contributed by atoms with Gasteiger partial charge in [0.25, 0.3) is 0 Å². The molecule has 0 atom stereocenters. The number of ketones is 1. The first-order valence-corrected chi connectivity index (χ1v) is 7.26. The molecule has 2 aromatic rings. The molecule has 0 spiro atoms. The van der Waals surface area contributed by atoms with E-state index in [2.05, 4.69) is 0 Å². The van der Waals surface area contributed by atoms with Crippen LogP contribution in [0.4, 0.5) is 4.39 Å². The number of carbonyl (C=O) groups is 2. The molecule has 0 bridgehead atoms. The van der Waals surface area contributed by atoms with Gasteiger partial charge in [-0.15, -0.1) is 0 Å². The van der Waals surface area contributed by atoms with Crippen molar-refractivity contribution in [1.82, 2.24) is 0 Å². The lowest BCUT2D eigenvalue weighted by molar-refractivity contribution is 0.0474. The van der Waals surface area contributed by atoms with Crippen LogP contribution in [0, 0.1) is 5.82 Å². The number of ether oxygens (including phenoxy) is 4. The van der Waals surface area contributed by atoms with Crippen LogP contribution in [0.15, 0.2) is 36.4 Å². The first kappa shape index (κ1) is 18.3. The number of hydrogen-bond acceptors (Lipinski definition) is 6. The van der Waals surface area contributed by atoms with Crippen LogP contribution in [0.5, 0.6) is 17.2 Å². The van der Waals surface area contributed by atoms with E-state index in [1.54, 1.807) is 0 Å². The van der Waals surface area contributed by atoms with E-state index in [1.807, 2.05) is 0 Å². The SMILES string of the molecule is COc1cc(C(=O)OCC(=O)c2ccc(F)cc2)cc(OC)c1OC. The van der Waals surface area contributed by atoms with Gasteiger partial charge < -0.3 is 18.9 Å². The minimum absolute atomic E-state index is 0.140. The van der Waals surface area contributed by atoms with Crippen molar-refractivity contribution in [2.75, 3.05) is 27.9 Å². The Morgan fingerprint density at radius 3 is 1.92 bits per heavy atom. The summed E-state index contributed by atoms with van der Waals surface area (Å²) in [5.74, 6) is -0.706. The largest absolute Gasteiger partial charge is 0.493 e. The molecule has 0 N–H and O–H groups in total. The van der Waals surface area contributed by atoms with Crippen LogP contribution in [0.25, 0.3) is 0 Å². The Balaban J connectivity index is 2.12. The van der Waals surface area contributed by atoms with Gasteiger partial charge in [-0.2, -0.15) is 0 Å². The molecule has 0 aliphatic rings. The molecule has 7 heteroatoms. The number of rotatable bonds is 7. The molecule has 6 nitrogen and oxygen atoms in total. The van der Waals surface area contributed by atoms with Gasteiger partial charge in [0.1, 0.15) is 5.82 Å². The van der Waals surface area contributed by atoms with Gasteiger partial charge in [-0.1, -0.05) is 0 Å². The summed E-state index contributed by atoms with van der Waals surface area (Å²) in [7, 11) is 4.29. The van der Waals surface area contributed by atoms with Crippen molar-refractivity contribution in [2.45, 2.75) is 0 Å². The fourth-order valence-electron chi connectivity index (χ4n) is 2.13. The van der Waals surface area contributed by atoms with Gasteiger partial charge in [0.05, 0.1) is 26.9 Å². The van der Waals surface area contributed by atoms with E-state index in [-0.39, 0.29) is 11.1 Å². The minimum Gasteiger partial charge on any atom is -0.493 e. The van der Waals surface area contributed by atoms with Crippen molar-refractivity contribution in [2.24, 2.45) is 0 Å². The molecule has 0 saturated heterocycles. The summed E-state index contributed by atoms with van der Waals surface area (Å²) in [6.07, 6.45) is 0. The highest BCUT2D eigenvalue weighted by Gasteiger charge is 2.19. The van der Waals surface area contributed by atoms with Crippen LogP contribution < -0.4 is 14.2 Å². The summed E-state index contributed by atoms with van der Waals surface area (Å²) in [6.45, 7) is -0.471. The number of esters is 1. The number of halogens is 1. The van der Waals surface area contributed by atoms with Gasteiger partial charge in [0, 0.05) is 5.56 Å². The molecule has 0 radical (unpaired) electrons. The second kappa shape index (κ2) is 8.14. The standard InChI is InChI=1S/C18H17FO6/c1-22-15-8-12(9-16(23-2)17(15)24-3)18(21)25-10-14(20)11-4-6-13(19)7-5-11/h4-9H,10H2,1-3H3. The van der Waals surface area contributed by atoms with Gasteiger partial charge in [-0.3, -0.25) is 4.79 Å². The van der Waals surface area contributed by atoms with E-state index in [0.29, 0.717) is 17.2 Å². The predicted octanol–water partition coefficient (Wildman–Crippen LogP) is 2.89. The summed E-state index contributed by atoms with van der Waals surface area (Å²) < 4.78 is 33.4. The van der Waals surface area contributed by atoms with E-state index < -0.39 is 24.2 Å². The van der Waals surface area contributed by atoms with Crippen molar-refractivity contribution in [3.63, 3.8) is 0 Å². The quantitative estimate of drug-likeness (QED) is 0.566. The van der Waals surface area contributed by atoms with Crippen LogP contribution in [0.1, 0.15) is 20.7 Å². The highest BCUT2D eigenvalue weighted by atomic mass is 19.1. The van der Waals surface area contributed by atoms with E-state index in [1.165, 1.54) is 45.6 Å². The summed E-state index contributed by atoms with van der Waals surface area (Å²) in [4.78, 5) is 24.2. The normalized spacial score (nSPS) is 10.1. The monoisotopic (exact) mass is 348 g/mol. The number of Topliss-reactive ketones (excluding diaryl/α,β-unsaturated/α-hetero) is 1. The highest BCUT2D eigenvalue weighted by molar-refractivity contribution is 5.99. The lowest BCUT2D eigenvalue weighted by Crippen LogP contribution is -2.14. The summed E-state index contributed by atoms with van der Waals surface area (Å²) in [6, 6.07) is 7.82. The van der Waals surface area contributed by atoms with Crippen molar-refractivity contribution in [1.29, 1.82) is 0 Å². The zero-order valence-corrected chi connectivity index (χ0v) is 14.0. The molecular weight excluding hydrogens is 331 g/mol. The Bertz CT molecular complexity index is 745. The number of benzene rings is 2. The lowest BCUT2D eigenvalue weighted by atomic mass is 10.1. The topological polar surface area (TPSA) is 71.1 Å². The first-order chi connectivity index (χ1) is 12.0. The zero-order chi connectivity index (χ0) is 18.4. The fourth-order valence-corrected chi connectivity index (χ4v) is 2.13. The van der Waals surface area contributed by atoms with Crippen LogP contribution in [-0.4, -0.2) is 39.7 Å². The summed E-state index contributed by atoms with van der Waals surface area (Å²) >= 11 is 0. The Hall–Kier alpha value is -3.09. The minimum atomic E-state index is -0.727. The molecule has 25 heavy (non-hydrogen) atoms. The fraction of sp³-hybridized carbons (Fsp3) is 0.222. The van der Waals surface area contributed by atoms with E-state index >= 15 is 0 Å². The number of methoxy groups -OCH3 is 3. The van der Waals surface area contributed by atoms with Crippen molar-refractivity contribution in [3.05, 3.63) is 53.3 Å². The third-order valence-electron chi connectivity index (χ3n) is 3.40. The van der Waals surface area contributed by atoms with Gasteiger partial charge >= 0.3 is 5.97 Å². The van der Waals surface area contributed by atoms with Crippen LogP contribution in [-0.2, 0) is 4.74 Å². The van der Waals surface area contributed by atoms with Crippen LogP contribution >= 0.6 is 0 Å². The molecule has 0 heterocycles. The van der Waals surface area contributed by atoms with E-state index in [0.717, 1.165) is 12.1 Å². The van der Waals surface area contributed by atoms with Gasteiger partial charge in [-0.05, 0) is 36.4 Å². The maximum atomic E-state index is 12.9. The first-order valence-electron chi connectivity index (χ1n) is 7.26. The van der Waals surface area contributed by atoms with E-state index in [4.69, 9.17) is 18.9 Å². The third-order valence-corrected chi connectivity index (χ3v) is 3.40. The molecule has 0 aromatic heterocycles. The Morgan fingerprint density at radius 2 is 1.44 bits per heavy atom. The lowest BCUT2D eigenvalue weighted by Gasteiger charge is -2.13. The average molecular weight is 348 g/mol.